The summed E-state index contributed by atoms with van der Waals surface area (Å²) in [5.74, 6) is 1.06. The third kappa shape index (κ3) is 0.400. The molecule has 0 aromatic rings. The Kier molecular flexibility index (Phi) is 0.866. The molecule has 0 bridgehead atoms. The largest absolute Gasteiger partial charge is 0.258 e. The summed E-state index contributed by atoms with van der Waals surface area (Å²) in [6.07, 6.45) is 2.90. The van der Waals surface area contributed by atoms with Gasteiger partial charge in [-0.05, 0) is 25.8 Å². The van der Waals surface area contributed by atoms with Gasteiger partial charge in [-0.15, -0.1) is 0 Å². The van der Waals surface area contributed by atoms with Gasteiger partial charge in [-0.25, -0.2) is 5.01 Å². The van der Waals surface area contributed by atoms with E-state index in [9.17, 15) is 0 Å². The van der Waals surface area contributed by atoms with Crippen molar-refractivity contribution >= 4 is 0 Å². The van der Waals surface area contributed by atoms with Crippen LogP contribution in [0.25, 0.3) is 0 Å². The van der Waals surface area contributed by atoms with Gasteiger partial charge in [0.25, 0.3) is 0 Å². The zero-order valence-electron chi connectivity index (χ0n) is 5.22. The standard InChI is InChI=1S/C6H12N2/c1-7-8-4-5-2-3-6(5)8/h5-7H,2-4H2,1H3. The average molecular weight is 112 g/mol. The van der Waals surface area contributed by atoms with Gasteiger partial charge in [-0.2, -0.15) is 0 Å². The highest BCUT2D eigenvalue weighted by molar-refractivity contribution is 4.97. The number of nitrogens with zero attached hydrogens (tertiary/aromatic N) is 1. The highest BCUT2D eigenvalue weighted by Gasteiger charge is 2.44. The summed E-state index contributed by atoms with van der Waals surface area (Å²) >= 11 is 0. The molecule has 0 amide bonds. The summed E-state index contributed by atoms with van der Waals surface area (Å²) < 4.78 is 0. The first-order chi connectivity index (χ1) is 3.92. The molecule has 1 heterocycles. The van der Waals surface area contributed by atoms with Crippen LogP contribution in [0.3, 0.4) is 0 Å². The minimum atomic E-state index is 0.917. The lowest BCUT2D eigenvalue weighted by atomic mass is 9.72. The third-order valence-electron chi connectivity index (χ3n) is 2.50. The van der Waals surface area contributed by atoms with Crippen LogP contribution in [0.4, 0.5) is 0 Å². The van der Waals surface area contributed by atoms with Gasteiger partial charge in [-0.3, -0.25) is 5.43 Å². The molecule has 1 N–H and O–H groups in total. The Morgan fingerprint density at radius 1 is 1.50 bits per heavy atom. The molecule has 8 heavy (non-hydrogen) atoms. The zero-order valence-corrected chi connectivity index (χ0v) is 5.22. The molecule has 1 aliphatic heterocycles. The molecule has 2 nitrogen and oxygen atoms in total. The number of hydrogen-bond donors (Lipinski definition) is 1. The summed E-state index contributed by atoms with van der Waals surface area (Å²) in [5.41, 5.74) is 3.17. The van der Waals surface area contributed by atoms with E-state index in [0.717, 1.165) is 12.0 Å². The smallest absolute Gasteiger partial charge is 0.0284 e. The van der Waals surface area contributed by atoms with Gasteiger partial charge in [-0.1, -0.05) is 0 Å². The average Bonchev–Trinajstić information content (AvgIpc) is 1.76. The van der Waals surface area contributed by atoms with Crippen molar-refractivity contribution in [2.24, 2.45) is 5.92 Å². The molecule has 1 aliphatic carbocycles. The van der Waals surface area contributed by atoms with Crippen molar-refractivity contribution < 1.29 is 0 Å². The van der Waals surface area contributed by atoms with E-state index in [4.69, 9.17) is 0 Å². The van der Waals surface area contributed by atoms with E-state index in [0.29, 0.717) is 0 Å². The second-order valence-corrected chi connectivity index (χ2v) is 2.78. The minimum absolute atomic E-state index is 0.917. The van der Waals surface area contributed by atoms with E-state index in [1.54, 1.807) is 0 Å². The monoisotopic (exact) mass is 112 g/mol. The number of hydrogen-bond acceptors (Lipinski definition) is 2. The number of nitrogens with one attached hydrogen (secondary N) is 1. The van der Waals surface area contributed by atoms with Crippen LogP contribution in [-0.4, -0.2) is 24.6 Å². The Bertz CT molecular complexity index is 101. The summed E-state index contributed by atoms with van der Waals surface area (Å²) in [6, 6.07) is 0.917. The lowest BCUT2D eigenvalue weighted by Crippen LogP contribution is -2.65. The van der Waals surface area contributed by atoms with E-state index in [1.807, 2.05) is 7.05 Å². The fourth-order valence-electron chi connectivity index (χ4n) is 1.68. The molecular formula is C6H12N2. The summed E-state index contributed by atoms with van der Waals surface area (Å²) in [6.45, 7) is 1.29. The molecule has 0 radical (unpaired) electrons. The van der Waals surface area contributed by atoms with Crippen molar-refractivity contribution in [3.8, 4) is 0 Å². The van der Waals surface area contributed by atoms with Crippen molar-refractivity contribution in [2.75, 3.05) is 13.6 Å². The first-order valence-corrected chi connectivity index (χ1v) is 3.36. The Morgan fingerprint density at radius 3 is 2.50 bits per heavy atom. The summed E-state index contributed by atoms with van der Waals surface area (Å²) in [5, 5.41) is 2.33. The molecule has 1 saturated heterocycles. The van der Waals surface area contributed by atoms with Gasteiger partial charge < -0.3 is 0 Å². The molecule has 0 spiro atoms. The first kappa shape index (κ1) is 4.77. The second-order valence-electron chi connectivity index (χ2n) is 2.78. The van der Waals surface area contributed by atoms with Gasteiger partial charge in [0.2, 0.25) is 0 Å². The summed E-state index contributed by atoms with van der Waals surface area (Å²) in [4.78, 5) is 0. The maximum Gasteiger partial charge on any atom is 0.0284 e. The Morgan fingerprint density at radius 2 is 2.38 bits per heavy atom. The third-order valence-corrected chi connectivity index (χ3v) is 2.50. The van der Waals surface area contributed by atoms with Crippen LogP contribution in [0, 0.1) is 5.92 Å². The quantitative estimate of drug-likeness (QED) is 0.522. The van der Waals surface area contributed by atoms with E-state index < -0.39 is 0 Å². The fourth-order valence-corrected chi connectivity index (χ4v) is 1.68. The van der Waals surface area contributed by atoms with E-state index >= 15 is 0 Å². The fraction of sp³-hybridized carbons (Fsp3) is 1.00. The van der Waals surface area contributed by atoms with Crippen molar-refractivity contribution in [3.63, 3.8) is 0 Å². The number of rotatable bonds is 1. The number of fused-ring (bicyclic) bond motifs is 1. The van der Waals surface area contributed by atoms with Gasteiger partial charge in [0.05, 0.1) is 0 Å². The maximum absolute atomic E-state index is 3.17. The Hall–Kier alpha value is -0.0800. The maximum atomic E-state index is 3.17. The van der Waals surface area contributed by atoms with Crippen LogP contribution in [0.2, 0.25) is 0 Å². The lowest BCUT2D eigenvalue weighted by Gasteiger charge is -2.55. The Labute approximate surface area is 49.8 Å². The topological polar surface area (TPSA) is 15.3 Å². The van der Waals surface area contributed by atoms with Gasteiger partial charge in [0, 0.05) is 12.6 Å². The van der Waals surface area contributed by atoms with Crippen LogP contribution in [0.5, 0.6) is 0 Å². The first-order valence-electron chi connectivity index (χ1n) is 3.36. The number of piperidine rings is 1. The van der Waals surface area contributed by atoms with Crippen LogP contribution in [0.15, 0.2) is 0 Å². The lowest BCUT2D eigenvalue weighted by molar-refractivity contribution is -0.0890. The van der Waals surface area contributed by atoms with Crippen molar-refractivity contribution in [1.29, 1.82) is 0 Å². The highest BCUT2D eigenvalue weighted by Crippen LogP contribution is 2.39. The molecule has 0 aromatic carbocycles. The minimum Gasteiger partial charge on any atom is -0.258 e. The second kappa shape index (κ2) is 1.45. The molecule has 46 valence electrons. The van der Waals surface area contributed by atoms with Gasteiger partial charge in [0.1, 0.15) is 0 Å². The van der Waals surface area contributed by atoms with Gasteiger partial charge >= 0.3 is 0 Å². The van der Waals surface area contributed by atoms with Crippen molar-refractivity contribution in [1.82, 2.24) is 10.4 Å². The molecule has 2 aliphatic rings. The van der Waals surface area contributed by atoms with Crippen molar-refractivity contribution in [3.05, 3.63) is 0 Å². The van der Waals surface area contributed by atoms with Crippen molar-refractivity contribution in [2.45, 2.75) is 18.9 Å². The van der Waals surface area contributed by atoms with E-state index in [-0.39, 0.29) is 0 Å². The van der Waals surface area contributed by atoms with Gasteiger partial charge in [0.15, 0.2) is 0 Å². The van der Waals surface area contributed by atoms with E-state index in [1.165, 1.54) is 19.4 Å². The molecule has 2 atom stereocenters. The predicted molar refractivity (Wildman–Crippen MR) is 32.3 cm³/mol. The molecule has 2 rings (SSSR count). The van der Waals surface area contributed by atoms with Crippen LogP contribution >= 0.6 is 0 Å². The molecular weight excluding hydrogens is 100 g/mol. The highest BCUT2D eigenvalue weighted by atomic mass is 15.5. The number of hydrazine groups is 1. The SMILES string of the molecule is CNN1CC2CCC21. The zero-order chi connectivity index (χ0) is 5.56. The van der Waals surface area contributed by atoms with Crippen LogP contribution < -0.4 is 5.43 Å². The molecule has 1 saturated carbocycles. The predicted octanol–water partition coefficient (Wildman–Crippen LogP) is 0.215. The molecule has 2 unspecified atom stereocenters. The Balaban J connectivity index is 1.89. The van der Waals surface area contributed by atoms with E-state index in [2.05, 4.69) is 10.4 Å². The summed E-state index contributed by atoms with van der Waals surface area (Å²) in [7, 11) is 2.01. The van der Waals surface area contributed by atoms with Crippen LogP contribution in [-0.2, 0) is 0 Å². The molecule has 2 heteroatoms. The van der Waals surface area contributed by atoms with Crippen LogP contribution in [0.1, 0.15) is 12.8 Å². The molecule has 2 fully saturated rings. The normalized spacial score (nSPS) is 44.6. The molecule has 0 aromatic heterocycles.